The fraction of sp³-hybridized carbons (Fsp3) is 0.438. The molecule has 0 saturated heterocycles. The first kappa shape index (κ1) is 14.9. The van der Waals surface area contributed by atoms with Gasteiger partial charge in [-0.05, 0) is 31.7 Å². The minimum atomic E-state index is -0.459. The van der Waals surface area contributed by atoms with Gasteiger partial charge in [0.25, 0.3) is 0 Å². The quantitative estimate of drug-likeness (QED) is 0.875. The fourth-order valence-corrected chi connectivity index (χ4v) is 2.49. The number of fused-ring (bicyclic) bond motifs is 1. The molecule has 0 fully saturated rings. The van der Waals surface area contributed by atoms with Crippen LogP contribution in [0, 0.1) is 6.92 Å². The number of benzene rings is 1. The van der Waals surface area contributed by atoms with Crippen LogP contribution in [-0.2, 0) is 11.3 Å². The van der Waals surface area contributed by atoms with Gasteiger partial charge in [0.1, 0.15) is 0 Å². The zero-order valence-electron chi connectivity index (χ0n) is 12.3. The Labute approximate surface area is 120 Å². The summed E-state index contributed by atoms with van der Waals surface area (Å²) < 4.78 is 4.96. The van der Waals surface area contributed by atoms with E-state index < -0.39 is 6.10 Å². The zero-order valence-corrected chi connectivity index (χ0v) is 12.3. The summed E-state index contributed by atoms with van der Waals surface area (Å²) in [6, 6.07) is 10.3. The summed E-state index contributed by atoms with van der Waals surface area (Å²) in [4.78, 5) is 6.65. The molecule has 108 valence electrons. The van der Waals surface area contributed by atoms with Gasteiger partial charge in [-0.25, -0.2) is 0 Å². The number of aryl methyl sites for hydroxylation is 1. The van der Waals surface area contributed by atoms with Crippen LogP contribution in [0.1, 0.15) is 11.3 Å². The molecule has 1 heterocycles. The molecule has 2 aromatic rings. The van der Waals surface area contributed by atoms with Crippen molar-refractivity contribution in [3.8, 4) is 0 Å². The number of nitrogens with zero attached hydrogens (tertiary/aromatic N) is 2. The van der Waals surface area contributed by atoms with E-state index in [9.17, 15) is 5.11 Å². The number of para-hydroxylation sites is 1. The molecule has 1 aromatic carbocycles. The van der Waals surface area contributed by atoms with Crippen LogP contribution >= 0.6 is 0 Å². The molecule has 0 aliphatic carbocycles. The van der Waals surface area contributed by atoms with Crippen molar-refractivity contribution in [2.75, 3.05) is 27.3 Å². The van der Waals surface area contributed by atoms with E-state index in [2.05, 4.69) is 22.0 Å². The molecule has 0 aliphatic heterocycles. The first-order valence-electron chi connectivity index (χ1n) is 6.81. The Morgan fingerprint density at radius 2 is 2.10 bits per heavy atom. The summed E-state index contributed by atoms with van der Waals surface area (Å²) in [5.74, 6) is 0. The highest BCUT2D eigenvalue weighted by molar-refractivity contribution is 5.82. The number of hydrogen-bond donors (Lipinski definition) is 1. The molecule has 1 aromatic heterocycles. The Balaban J connectivity index is 2.16. The van der Waals surface area contributed by atoms with Gasteiger partial charge < -0.3 is 9.84 Å². The Morgan fingerprint density at radius 3 is 2.85 bits per heavy atom. The average molecular weight is 274 g/mol. The topological polar surface area (TPSA) is 45.6 Å². The van der Waals surface area contributed by atoms with Gasteiger partial charge >= 0.3 is 0 Å². The number of rotatable bonds is 6. The van der Waals surface area contributed by atoms with E-state index in [4.69, 9.17) is 4.74 Å². The number of ether oxygens (including phenoxy) is 1. The molecule has 4 nitrogen and oxygen atoms in total. The maximum atomic E-state index is 9.79. The average Bonchev–Trinajstić information content (AvgIpc) is 2.38. The highest BCUT2D eigenvalue weighted by atomic mass is 16.5. The van der Waals surface area contributed by atoms with Crippen LogP contribution in [0.4, 0.5) is 0 Å². The van der Waals surface area contributed by atoms with Crippen LogP contribution in [0.2, 0.25) is 0 Å². The number of hydrogen-bond acceptors (Lipinski definition) is 4. The fourth-order valence-electron chi connectivity index (χ4n) is 2.49. The van der Waals surface area contributed by atoms with E-state index >= 15 is 0 Å². The van der Waals surface area contributed by atoms with Crippen molar-refractivity contribution >= 4 is 10.9 Å². The van der Waals surface area contributed by atoms with Crippen LogP contribution in [0.15, 0.2) is 30.3 Å². The number of aromatic nitrogens is 1. The molecule has 0 radical (unpaired) electrons. The molecule has 0 saturated carbocycles. The summed E-state index contributed by atoms with van der Waals surface area (Å²) in [6.45, 7) is 3.74. The normalized spacial score (nSPS) is 13.1. The minimum Gasteiger partial charge on any atom is -0.389 e. The van der Waals surface area contributed by atoms with Crippen LogP contribution in [0.5, 0.6) is 0 Å². The predicted octanol–water partition coefficient (Wildman–Crippen LogP) is 1.98. The maximum absolute atomic E-state index is 9.79. The van der Waals surface area contributed by atoms with Crippen molar-refractivity contribution < 1.29 is 9.84 Å². The van der Waals surface area contributed by atoms with Crippen LogP contribution in [-0.4, -0.2) is 48.4 Å². The lowest BCUT2D eigenvalue weighted by molar-refractivity contribution is 0.0419. The monoisotopic (exact) mass is 274 g/mol. The van der Waals surface area contributed by atoms with Crippen molar-refractivity contribution in [1.29, 1.82) is 0 Å². The third kappa shape index (κ3) is 3.76. The number of aliphatic hydroxyl groups excluding tert-OH is 1. The standard InChI is InChI=1S/C16H22N2O2/c1-12-8-13(9-18(2)10-14(19)11-20-3)15-6-4-5-7-16(15)17-12/h4-8,14,19H,9-11H2,1-3H3. The van der Waals surface area contributed by atoms with Gasteiger partial charge in [-0.3, -0.25) is 9.88 Å². The molecule has 1 N–H and O–H groups in total. The van der Waals surface area contributed by atoms with Crippen LogP contribution in [0.3, 0.4) is 0 Å². The smallest absolute Gasteiger partial charge is 0.0900 e. The molecule has 1 atom stereocenters. The van der Waals surface area contributed by atoms with Gasteiger partial charge in [0.2, 0.25) is 0 Å². The van der Waals surface area contributed by atoms with E-state index in [1.54, 1.807) is 7.11 Å². The summed E-state index contributed by atoms with van der Waals surface area (Å²) in [6.07, 6.45) is -0.459. The van der Waals surface area contributed by atoms with Gasteiger partial charge in [-0.2, -0.15) is 0 Å². The van der Waals surface area contributed by atoms with Crippen molar-refractivity contribution in [3.05, 3.63) is 41.6 Å². The van der Waals surface area contributed by atoms with Crippen LogP contribution in [0.25, 0.3) is 10.9 Å². The number of likely N-dealkylation sites (N-methyl/N-ethyl adjacent to an activating group) is 1. The molecule has 0 amide bonds. The molecule has 4 heteroatoms. The van der Waals surface area contributed by atoms with E-state index in [0.717, 1.165) is 17.8 Å². The second kappa shape index (κ2) is 6.79. The number of aliphatic hydroxyl groups is 1. The predicted molar refractivity (Wildman–Crippen MR) is 80.7 cm³/mol. The lowest BCUT2D eigenvalue weighted by Crippen LogP contribution is -2.31. The summed E-state index contributed by atoms with van der Waals surface area (Å²) in [5, 5.41) is 11.0. The molecular formula is C16H22N2O2. The van der Waals surface area contributed by atoms with E-state index in [1.165, 1.54) is 10.9 Å². The third-order valence-electron chi connectivity index (χ3n) is 3.25. The molecule has 20 heavy (non-hydrogen) atoms. The highest BCUT2D eigenvalue weighted by Gasteiger charge is 2.10. The van der Waals surface area contributed by atoms with Crippen molar-refractivity contribution in [3.63, 3.8) is 0 Å². The molecule has 0 bridgehead atoms. The molecule has 2 rings (SSSR count). The third-order valence-corrected chi connectivity index (χ3v) is 3.25. The van der Waals surface area contributed by atoms with Gasteiger partial charge in [0.15, 0.2) is 0 Å². The van der Waals surface area contributed by atoms with Gasteiger partial charge in [-0.1, -0.05) is 18.2 Å². The van der Waals surface area contributed by atoms with E-state index in [0.29, 0.717) is 13.2 Å². The van der Waals surface area contributed by atoms with Gasteiger partial charge in [0.05, 0.1) is 18.2 Å². The first-order chi connectivity index (χ1) is 9.60. The van der Waals surface area contributed by atoms with E-state index in [1.807, 2.05) is 32.2 Å². The highest BCUT2D eigenvalue weighted by Crippen LogP contribution is 2.19. The number of pyridine rings is 1. The zero-order chi connectivity index (χ0) is 14.5. The van der Waals surface area contributed by atoms with Gasteiger partial charge in [0, 0.05) is 31.3 Å². The second-order valence-corrected chi connectivity index (χ2v) is 5.25. The summed E-state index contributed by atoms with van der Waals surface area (Å²) in [7, 11) is 3.60. The molecular weight excluding hydrogens is 252 g/mol. The Bertz CT molecular complexity index is 571. The van der Waals surface area contributed by atoms with E-state index in [-0.39, 0.29) is 0 Å². The maximum Gasteiger partial charge on any atom is 0.0900 e. The minimum absolute atomic E-state index is 0.362. The van der Waals surface area contributed by atoms with Crippen LogP contribution < -0.4 is 0 Å². The Kier molecular flexibility index (Phi) is 5.06. The molecule has 0 spiro atoms. The lowest BCUT2D eigenvalue weighted by atomic mass is 10.1. The summed E-state index contributed by atoms with van der Waals surface area (Å²) in [5.41, 5.74) is 3.28. The largest absolute Gasteiger partial charge is 0.389 e. The Hall–Kier alpha value is -1.49. The molecule has 1 unspecified atom stereocenters. The van der Waals surface area contributed by atoms with Crippen molar-refractivity contribution in [1.82, 2.24) is 9.88 Å². The molecule has 0 aliphatic rings. The Morgan fingerprint density at radius 1 is 1.35 bits per heavy atom. The summed E-state index contributed by atoms with van der Waals surface area (Å²) >= 11 is 0. The second-order valence-electron chi connectivity index (χ2n) is 5.25. The number of methoxy groups -OCH3 is 1. The van der Waals surface area contributed by atoms with Gasteiger partial charge in [-0.15, -0.1) is 0 Å². The first-order valence-corrected chi connectivity index (χ1v) is 6.81. The SMILES string of the molecule is COCC(O)CN(C)Cc1cc(C)nc2ccccc12. The lowest BCUT2D eigenvalue weighted by Gasteiger charge is -2.21. The van der Waals surface area contributed by atoms with Crippen molar-refractivity contribution in [2.45, 2.75) is 19.6 Å². The van der Waals surface area contributed by atoms with Crippen molar-refractivity contribution in [2.24, 2.45) is 0 Å².